The molecule has 5 heteroatoms. The lowest BCUT2D eigenvalue weighted by molar-refractivity contribution is 0.0916. The molecule has 18 heavy (non-hydrogen) atoms. The molecule has 2 aromatic rings. The Balaban J connectivity index is 1.92. The second kappa shape index (κ2) is 5.84. The van der Waals surface area contributed by atoms with Gasteiger partial charge in [-0.3, -0.25) is 4.79 Å². The lowest BCUT2D eigenvalue weighted by Crippen LogP contribution is -2.28. The Morgan fingerprint density at radius 1 is 1.44 bits per heavy atom. The Morgan fingerprint density at radius 3 is 2.94 bits per heavy atom. The van der Waals surface area contributed by atoms with Crippen LogP contribution >= 0.6 is 15.9 Å². The highest BCUT2D eigenvalue weighted by molar-refractivity contribution is 9.10. The van der Waals surface area contributed by atoms with E-state index in [9.17, 15) is 9.90 Å². The van der Waals surface area contributed by atoms with E-state index in [1.807, 2.05) is 6.07 Å². The molecule has 1 aromatic carbocycles. The Kier molecular flexibility index (Phi) is 4.17. The van der Waals surface area contributed by atoms with Crippen LogP contribution in [0.25, 0.3) is 0 Å². The van der Waals surface area contributed by atoms with Gasteiger partial charge in [0, 0.05) is 22.1 Å². The van der Waals surface area contributed by atoms with Gasteiger partial charge in [-0.15, -0.1) is 0 Å². The molecule has 0 unspecified atom stereocenters. The van der Waals surface area contributed by atoms with E-state index in [1.54, 1.807) is 24.3 Å². The molecule has 1 amide bonds. The van der Waals surface area contributed by atoms with E-state index in [0.717, 1.165) is 4.47 Å². The van der Waals surface area contributed by atoms with Crippen molar-refractivity contribution in [3.63, 3.8) is 0 Å². The van der Waals surface area contributed by atoms with E-state index in [1.165, 1.54) is 12.5 Å². The molecule has 0 aliphatic carbocycles. The summed E-state index contributed by atoms with van der Waals surface area (Å²) in [6.07, 6.45) is 2.17. The normalized spacial score (nSPS) is 12.1. The van der Waals surface area contributed by atoms with Crippen molar-refractivity contribution in [3.05, 3.63) is 58.5 Å². The number of benzene rings is 1. The van der Waals surface area contributed by atoms with Gasteiger partial charge in [0.05, 0.1) is 18.6 Å². The third kappa shape index (κ3) is 3.21. The first kappa shape index (κ1) is 12.9. The van der Waals surface area contributed by atoms with Crippen molar-refractivity contribution >= 4 is 21.8 Å². The number of amides is 1. The predicted octanol–water partition coefficient (Wildman–Crippen LogP) is 2.51. The minimum absolute atomic E-state index is 0.144. The Labute approximate surface area is 113 Å². The third-order valence-corrected chi connectivity index (χ3v) is 2.96. The first-order chi connectivity index (χ1) is 8.66. The van der Waals surface area contributed by atoms with Crippen molar-refractivity contribution in [3.8, 4) is 0 Å². The van der Waals surface area contributed by atoms with E-state index in [4.69, 9.17) is 4.42 Å². The first-order valence-electron chi connectivity index (χ1n) is 5.41. The quantitative estimate of drug-likeness (QED) is 0.912. The zero-order chi connectivity index (χ0) is 13.0. The number of nitrogens with one attached hydrogen (secondary N) is 1. The van der Waals surface area contributed by atoms with Crippen molar-refractivity contribution < 1.29 is 14.3 Å². The maximum atomic E-state index is 11.8. The minimum Gasteiger partial charge on any atom is -0.472 e. The van der Waals surface area contributed by atoms with Crippen LogP contribution in [0.15, 0.2) is 51.7 Å². The van der Waals surface area contributed by atoms with E-state index in [0.29, 0.717) is 11.1 Å². The molecule has 0 aliphatic heterocycles. The SMILES string of the molecule is O=C(NC[C@H](O)c1ccoc1)c1cccc(Br)c1. The second-order valence-electron chi connectivity index (χ2n) is 3.79. The zero-order valence-electron chi connectivity index (χ0n) is 9.47. The highest BCUT2D eigenvalue weighted by atomic mass is 79.9. The van der Waals surface area contributed by atoms with Gasteiger partial charge < -0.3 is 14.8 Å². The monoisotopic (exact) mass is 309 g/mol. The fraction of sp³-hybridized carbons (Fsp3) is 0.154. The highest BCUT2D eigenvalue weighted by Crippen LogP contribution is 2.13. The molecule has 1 heterocycles. The van der Waals surface area contributed by atoms with E-state index >= 15 is 0 Å². The number of halogens is 1. The lowest BCUT2D eigenvalue weighted by atomic mass is 10.2. The summed E-state index contributed by atoms with van der Waals surface area (Å²) in [6, 6.07) is 8.72. The number of carbonyl (C=O) groups excluding carboxylic acids is 1. The van der Waals surface area contributed by atoms with Gasteiger partial charge in [0.25, 0.3) is 5.91 Å². The van der Waals surface area contributed by atoms with Gasteiger partial charge in [-0.25, -0.2) is 0 Å². The van der Waals surface area contributed by atoms with Gasteiger partial charge in [0.1, 0.15) is 0 Å². The standard InChI is InChI=1S/C13H12BrNO3/c14-11-3-1-2-9(6-11)13(17)15-7-12(16)10-4-5-18-8-10/h1-6,8,12,16H,7H2,(H,15,17)/t12-/m0/s1. The number of hydrogen-bond donors (Lipinski definition) is 2. The van der Waals surface area contributed by atoms with Gasteiger partial charge in [0.2, 0.25) is 0 Å². The molecule has 94 valence electrons. The predicted molar refractivity (Wildman–Crippen MR) is 70.1 cm³/mol. The molecule has 2 rings (SSSR count). The van der Waals surface area contributed by atoms with Crippen molar-refractivity contribution in [2.45, 2.75) is 6.10 Å². The number of aliphatic hydroxyl groups excluding tert-OH is 1. The summed E-state index contributed by atoms with van der Waals surface area (Å²) in [7, 11) is 0. The van der Waals surface area contributed by atoms with Crippen molar-refractivity contribution in [1.82, 2.24) is 5.32 Å². The van der Waals surface area contributed by atoms with Crippen LogP contribution in [0.5, 0.6) is 0 Å². The molecule has 2 N–H and O–H groups in total. The summed E-state index contributed by atoms with van der Waals surface area (Å²) in [4.78, 5) is 11.8. The van der Waals surface area contributed by atoms with Crippen LogP contribution in [0.3, 0.4) is 0 Å². The van der Waals surface area contributed by atoms with Crippen molar-refractivity contribution in [2.75, 3.05) is 6.54 Å². The van der Waals surface area contributed by atoms with Gasteiger partial charge >= 0.3 is 0 Å². The molecule has 0 saturated heterocycles. The molecule has 0 spiro atoms. The van der Waals surface area contributed by atoms with E-state index < -0.39 is 6.10 Å². The summed E-state index contributed by atoms with van der Waals surface area (Å²) in [5.41, 5.74) is 1.19. The number of rotatable bonds is 4. The molecule has 4 nitrogen and oxygen atoms in total. The average Bonchev–Trinajstić information content (AvgIpc) is 2.89. The van der Waals surface area contributed by atoms with E-state index in [2.05, 4.69) is 21.2 Å². The van der Waals surface area contributed by atoms with Crippen LogP contribution in [0, 0.1) is 0 Å². The van der Waals surface area contributed by atoms with Gasteiger partial charge in [-0.2, -0.15) is 0 Å². The van der Waals surface area contributed by atoms with Gasteiger partial charge in [0.15, 0.2) is 0 Å². The number of furan rings is 1. The maximum Gasteiger partial charge on any atom is 0.251 e. The summed E-state index contributed by atoms with van der Waals surface area (Å²) < 4.78 is 5.70. The van der Waals surface area contributed by atoms with Gasteiger partial charge in [-0.1, -0.05) is 22.0 Å². The highest BCUT2D eigenvalue weighted by Gasteiger charge is 2.11. The fourth-order valence-corrected chi connectivity index (χ4v) is 1.90. The van der Waals surface area contributed by atoms with E-state index in [-0.39, 0.29) is 12.5 Å². The molecular weight excluding hydrogens is 298 g/mol. The third-order valence-electron chi connectivity index (χ3n) is 2.47. The molecule has 0 saturated carbocycles. The zero-order valence-corrected chi connectivity index (χ0v) is 11.1. The van der Waals surface area contributed by atoms with Crippen LogP contribution in [-0.2, 0) is 0 Å². The van der Waals surface area contributed by atoms with Crippen LogP contribution < -0.4 is 5.32 Å². The summed E-state index contributed by atoms with van der Waals surface area (Å²) in [5, 5.41) is 12.4. The largest absolute Gasteiger partial charge is 0.472 e. The molecule has 1 aromatic heterocycles. The topological polar surface area (TPSA) is 62.5 Å². The van der Waals surface area contributed by atoms with Crippen LogP contribution in [0.4, 0.5) is 0 Å². The Hall–Kier alpha value is -1.59. The summed E-state index contributed by atoms with van der Waals surface area (Å²) >= 11 is 3.30. The number of aliphatic hydroxyl groups is 1. The Bertz CT molecular complexity index is 525. The van der Waals surface area contributed by atoms with Crippen LogP contribution in [-0.4, -0.2) is 17.6 Å². The molecule has 1 atom stereocenters. The summed E-state index contributed by atoms with van der Waals surface area (Å²) in [6.45, 7) is 0.144. The molecule has 0 radical (unpaired) electrons. The van der Waals surface area contributed by atoms with Crippen molar-refractivity contribution in [2.24, 2.45) is 0 Å². The molecule has 0 bridgehead atoms. The van der Waals surface area contributed by atoms with Gasteiger partial charge in [-0.05, 0) is 24.3 Å². The number of carbonyl (C=O) groups is 1. The average molecular weight is 310 g/mol. The fourth-order valence-electron chi connectivity index (χ4n) is 1.50. The molecule has 0 aliphatic rings. The summed E-state index contributed by atoms with van der Waals surface area (Å²) in [5.74, 6) is -0.223. The number of hydrogen-bond acceptors (Lipinski definition) is 3. The van der Waals surface area contributed by atoms with Crippen molar-refractivity contribution in [1.29, 1.82) is 0 Å². The molecule has 0 fully saturated rings. The lowest BCUT2D eigenvalue weighted by Gasteiger charge is -2.10. The first-order valence-corrected chi connectivity index (χ1v) is 6.20. The maximum absolute atomic E-state index is 11.8. The van der Waals surface area contributed by atoms with Crippen LogP contribution in [0.2, 0.25) is 0 Å². The smallest absolute Gasteiger partial charge is 0.251 e. The Morgan fingerprint density at radius 2 is 2.28 bits per heavy atom. The second-order valence-corrected chi connectivity index (χ2v) is 4.71. The molecular formula is C13H12BrNO3. The minimum atomic E-state index is -0.764. The van der Waals surface area contributed by atoms with Crippen LogP contribution in [0.1, 0.15) is 22.0 Å².